The first kappa shape index (κ1) is 27.9. The lowest BCUT2D eigenvalue weighted by atomic mass is 10.00. The average Bonchev–Trinajstić information content (AvgIpc) is 3.47. The molecule has 1 heterocycles. The molecule has 1 amide bonds. The summed E-state index contributed by atoms with van der Waals surface area (Å²) in [4.78, 5) is 29.2. The van der Waals surface area contributed by atoms with E-state index in [4.69, 9.17) is 9.78 Å². The number of benzene rings is 4. The summed E-state index contributed by atoms with van der Waals surface area (Å²) in [5.41, 5.74) is 2.66. The van der Waals surface area contributed by atoms with Crippen molar-refractivity contribution in [2.24, 2.45) is 0 Å². The van der Waals surface area contributed by atoms with Crippen LogP contribution in [0.2, 0.25) is 0 Å². The second-order valence-electron chi connectivity index (χ2n) is 9.53. The normalized spacial score (nSPS) is 11.5. The summed E-state index contributed by atoms with van der Waals surface area (Å²) in [6.07, 6.45) is -0.268. The molecule has 1 aromatic heterocycles. The number of aliphatic carboxylic acids is 1. The molecule has 0 bridgehead atoms. The topological polar surface area (TPSA) is 129 Å². The van der Waals surface area contributed by atoms with Crippen LogP contribution in [0.4, 0.5) is 8.78 Å². The molecule has 5 aromatic rings. The van der Waals surface area contributed by atoms with Crippen molar-refractivity contribution in [2.45, 2.75) is 19.4 Å². The zero-order valence-electron chi connectivity index (χ0n) is 22.1. The van der Waals surface area contributed by atoms with Gasteiger partial charge < -0.3 is 14.9 Å². The lowest BCUT2D eigenvalue weighted by Crippen LogP contribution is -2.42. The van der Waals surface area contributed by atoms with E-state index < -0.39 is 29.6 Å². The number of nitrogens with zero attached hydrogens (tertiary/aromatic N) is 3. The fourth-order valence-electron chi connectivity index (χ4n) is 4.34. The van der Waals surface area contributed by atoms with Crippen LogP contribution in [0.15, 0.2) is 89.5 Å². The molecule has 0 spiro atoms. The number of carbonyl (C=O) groups excluding carboxylic acids is 1. The lowest BCUT2D eigenvalue weighted by molar-refractivity contribution is -0.139. The van der Waals surface area contributed by atoms with Gasteiger partial charge in [-0.3, -0.25) is 4.79 Å². The maximum atomic E-state index is 15.3. The zero-order valence-corrected chi connectivity index (χ0v) is 22.1. The number of nitrogens with one attached hydrogen (secondary N) is 1. The van der Waals surface area contributed by atoms with Crippen LogP contribution < -0.4 is 5.32 Å². The van der Waals surface area contributed by atoms with Gasteiger partial charge in [-0.25, -0.2) is 13.6 Å². The number of nitriles is 1. The van der Waals surface area contributed by atoms with Gasteiger partial charge in [0.1, 0.15) is 17.7 Å². The van der Waals surface area contributed by atoms with E-state index in [9.17, 15) is 14.7 Å². The highest BCUT2D eigenvalue weighted by molar-refractivity contribution is 5.98. The van der Waals surface area contributed by atoms with E-state index in [1.807, 2.05) is 37.3 Å². The third kappa shape index (κ3) is 5.90. The highest BCUT2D eigenvalue weighted by atomic mass is 19.1. The summed E-state index contributed by atoms with van der Waals surface area (Å²) >= 11 is 0. The Hall–Kier alpha value is -5.69. The molecule has 10 heteroatoms. The molecule has 8 nitrogen and oxygen atoms in total. The van der Waals surface area contributed by atoms with Crippen LogP contribution in [0.5, 0.6) is 0 Å². The van der Waals surface area contributed by atoms with Crippen molar-refractivity contribution < 1.29 is 28.0 Å². The van der Waals surface area contributed by atoms with Gasteiger partial charge in [-0.2, -0.15) is 10.2 Å². The Labute approximate surface area is 238 Å². The number of carboxylic acids is 1. The lowest BCUT2D eigenvalue weighted by Gasteiger charge is -2.16. The van der Waals surface area contributed by atoms with Crippen molar-refractivity contribution in [3.8, 4) is 40.0 Å². The van der Waals surface area contributed by atoms with Gasteiger partial charge in [0.15, 0.2) is 0 Å². The number of carbonyl (C=O) groups is 2. The number of hydrogen-bond donors (Lipinski definition) is 2. The minimum atomic E-state index is -1.47. The Morgan fingerprint density at radius 2 is 1.69 bits per heavy atom. The van der Waals surface area contributed by atoms with Gasteiger partial charge in [-0.15, -0.1) is 0 Å². The zero-order chi connectivity index (χ0) is 29.8. The molecule has 1 unspecified atom stereocenters. The third-order valence-electron chi connectivity index (χ3n) is 6.61. The second kappa shape index (κ2) is 11.8. The van der Waals surface area contributed by atoms with E-state index in [1.165, 1.54) is 42.5 Å². The molecule has 42 heavy (non-hydrogen) atoms. The van der Waals surface area contributed by atoms with Gasteiger partial charge >= 0.3 is 5.97 Å². The highest BCUT2D eigenvalue weighted by Gasteiger charge is 2.25. The van der Waals surface area contributed by atoms with Gasteiger partial charge in [0.25, 0.3) is 11.8 Å². The second-order valence-corrected chi connectivity index (χ2v) is 9.53. The van der Waals surface area contributed by atoms with Crippen LogP contribution in [0.25, 0.3) is 34.0 Å². The predicted octanol–water partition coefficient (Wildman–Crippen LogP) is 5.95. The van der Waals surface area contributed by atoms with Gasteiger partial charge in [-0.1, -0.05) is 53.2 Å². The third-order valence-corrected chi connectivity index (χ3v) is 6.61. The number of rotatable bonds is 8. The number of hydrogen-bond acceptors (Lipinski definition) is 6. The smallest absolute Gasteiger partial charge is 0.326 e. The Bertz CT molecular complexity index is 1830. The van der Waals surface area contributed by atoms with Crippen molar-refractivity contribution in [3.63, 3.8) is 0 Å². The Balaban J connectivity index is 1.32. The first-order chi connectivity index (χ1) is 20.2. The number of amides is 1. The molecule has 0 saturated heterocycles. The first-order valence-electron chi connectivity index (χ1n) is 12.8. The standard InChI is InChI=1S/C32H22F2N4O4/c1-18-5-10-22(11-6-18)31-37-29(38-42-31)24-14-9-20(15-26(24)33)16-27(32(40)41)36-30(39)25-4-2-3-23(28(25)34)21-12-7-19(17-35)8-13-21/h2-15,27H,16H2,1H3,(H,36,39)(H,40,41). The van der Waals surface area contributed by atoms with E-state index in [0.717, 1.165) is 11.6 Å². The molecule has 4 aromatic carbocycles. The number of halogens is 2. The fraction of sp³-hybridized carbons (Fsp3) is 0.0938. The van der Waals surface area contributed by atoms with Crippen molar-refractivity contribution in [1.29, 1.82) is 5.26 Å². The van der Waals surface area contributed by atoms with Gasteiger partial charge in [0.05, 0.1) is 22.8 Å². The summed E-state index contributed by atoms with van der Waals surface area (Å²) in [7, 11) is 0. The molecule has 5 rings (SSSR count). The molecule has 0 aliphatic carbocycles. The molecule has 0 fully saturated rings. The van der Waals surface area contributed by atoms with Crippen LogP contribution in [0.1, 0.15) is 27.0 Å². The summed E-state index contributed by atoms with van der Waals surface area (Å²) in [5.74, 6) is -3.63. The number of aryl methyl sites for hydroxylation is 1. The number of aromatic nitrogens is 2. The van der Waals surface area contributed by atoms with Crippen LogP contribution in [0, 0.1) is 29.9 Å². The largest absolute Gasteiger partial charge is 0.480 e. The Morgan fingerprint density at radius 1 is 0.976 bits per heavy atom. The molecule has 0 radical (unpaired) electrons. The van der Waals surface area contributed by atoms with Crippen molar-refractivity contribution >= 4 is 11.9 Å². The van der Waals surface area contributed by atoms with Gasteiger partial charge in [0.2, 0.25) is 5.82 Å². The van der Waals surface area contributed by atoms with E-state index in [-0.39, 0.29) is 40.4 Å². The van der Waals surface area contributed by atoms with Crippen LogP contribution in [-0.2, 0) is 11.2 Å². The van der Waals surface area contributed by atoms with E-state index in [1.54, 1.807) is 12.1 Å². The van der Waals surface area contributed by atoms with E-state index in [0.29, 0.717) is 16.7 Å². The molecule has 0 saturated carbocycles. The molecule has 1 atom stereocenters. The monoisotopic (exact) mass is 564 g/mol. The predicted molar refractivity (Wildman–Crippen MR) is 149 cm³/mol. The summed E-state index contributed by atoms with van der Waals surface area (Å²) in [6, 6.07) is 22.2. The maximum Gasteiger partial charge on any atom is 0.326 e. The summed E-state index contributed by atoms with van der Waals surface area (Å²) in [6.45, 7) is 1.94. The quantitative estimate of drug-likeness (QED) is 0.238. The van der Waals surface area contributed by atoms with Crippen LogP contribution >= 0.6 is 0 Å². The minimum absolute atomic E-state index is 0.0235. The minimum Gasteiger partial charge on any atom is -0.480 e. The number of carboxylic acid groups (broad SMARTS) is 1. The summed E-state index contributed by atoms with van der Waals surface area (Å²) in [5, 5.41) is 24.9. The fourth-order valence-corrected chi connectivity index (χ4v) is 4.34. The molecule has 208 valence electrons. The average molecular weight is 565 g/mol. The van der Waals surface area contributed by atoms with E-state index in [2.05, 4.69) is 15.5 Å². The maximum absolute atomic E-state index is 15.3. The Morgan fingerprint density at radius 3 is 2.36 bits per heavy atom. The van der Waals surface area contributed by atoms with Gasteiger partial charge in [0, 0.05) is 17.5 Å². The van der Waals surface area contributed by atoms with Gasteiger partial charge in [-0.05, 0) is 60.5 Å². The molecule has 0 aliphatic heterocycles. The van der Waals surface area contributed by atoms with Crippen molar-refractivity contribution in [1.82, 2.24) is 15.5 Å². The van der Waals surface area contributed by atoms with Crippen molar-refractivity contribution in [2.75, 3.05) is 0 Å². The van der Waals surface area contributed by atoms with Crippen LogP contribution in [-0.4, -0.2) is 33.2 Å². The Kier molecular flexibility index (Phi) is 7.84. The molecular formula is C32H22F2N4O4. The molecular weight excluding hydrogens is 542 g/mol. The van der Waals surface area contributed by atoms with E-state index >= 15 is 8.78 Å². The first-order valence-corrected chi connectivity index (χ1v) is 12.8. The molecule has 0 aliphatic rings. The van der Waals surface area contributed by atoms with Crippen LogP contribution in [0.3, 0.4) is 0 Å². The van der Waals surface area contributed by atoms with Crippen molar-refractivity contribution in [3.05, 3.63) is 119 Å². The SMILES string of the molecule is Cc1ccc(-c2nc(-c3ccc(CC(NC(=O)c4cccc(-c5ccc(C#N)cc5)c4F)C(=O)O)cc3F)no2)cc1. The summed E-state index contributed by atoms with van der Waals surface area (Å²) < 4.78 is 35.6. The highest BCUT2D eigenvalue weighted by Crippen LogP contribution is 2.27. The molecule has 2 N–H and O–H groups in total.